The second-order valence-electron chi connectivity index (χ2n) is 8.70. The molecule has 2 aliphatic rings. The molecule has 0 radical (unpaired) electrons. The first-order valence-corrected chi connectivity index (χ1v) is 10.9. The molecule has 146 valence electrons. The van der Waals surface area contributed by atoms with Crippen molar-refractivity contribution in [2.75, 3.05) is 32.8 Å². The molecule has 2 nitrogen and oxygen atoms in total. The first-order chi connectivity index (χ1) is 12.7. The van der Waals surface area contributed by atoms with E-state index in [9.17, 15) is 4.39 Å². The zero-order chi connectivity index (χ0) is 18.2. The van der Waals surface area contributed by atoms with Crippen LogP contribution >= 0.6 is 0 Å². The van der Waals surface area contributed by atoms with Crippen LogP contribution in [0.1, 0.15) is 69.8 Å². The van der Waals surface area contributed by atoms with Gasteiger partial charge in [0.25, 0.3) is 0 Å². The lowest BCUT2D eigenvalue weighted by Crippen LogP contribution is -2.54. The molecule has 1 saturated heterocycles. The largest absolute Gasteiger partial charge is 0.484 e. The summed E-state index contributed by atoms with van der Waals surface area (Å²) in [6.45, 7) is 7.49. The monoisotopic (exact) mass is 362 g/mol. The predicted molar refractivity (Wildman–Crippen MR) is 106 cm³/mol. The third-order valence-corrected chi connectivity index (χ3v) is 6.61. The third-order valence-electron chi connectivity index (χ3n) is 6.61. The summed E-state index contributed by atoms with van der Waals surface area (Å²) in [5, 5.41) is 0. The molecule has 3 rings (SSSR count). The van der Waals surface area contributed by atoms with Crippen molar-refractivity contribution >= 4 is 0 Å². The minimum Gasteiger partial charge on any atom is -0.484 e. The Bertz CT molecular complexity index is 525. The lowest BCUT2D eigenvalue weighted by atomic mass is 9.87. The Hall–Kier alpha value is -1.09. The molecule has 1 aliphatic heterocycles. The first kappa shape index (κ1) is 19.7. The van der Waals surface area contributed by atoms with E-state index in [-0.39, 0.29) is 5.82 Å². The van der Waals surface area contributed by atoms with Gasteiger partial charge in [0.05, 0.1) is 19.6 Å². The summed E-state index contributed by atoms with van der Waals surface area (Å²) >= 11 is 0. The van der Waals surface area contributed by atoms with Crippen molar-refractivity contribution in [1.29, 1.82) is 0 Å². The Balaban J connectivity index is 1.64. The first-order valence-electron chi connectivity index (χ1n) is 10.9. The molecule has 0 aromatic heterocycles. The molecular formula is C23H37FNO+. The molecule has 0 N–H and O–H groups in total. The summed E-state index contributed by atoms with van der Waals surface area (Å²) in [5.74, 6) is 1.12. The Morgan fingerprint density at radius 1 is 0.962 bits per heavy atom. The minimum absolute atomic E-state index is 0.225. The van der Waals surface area contributed by atoms with E-state index in [1.54, 1.807) is 6.07 Å². The quantitative estimate of drug-likeness (QED) is 0.575. The topological polar surface area (TPSA) is 9.23 Å². The Morgan fingerprint density at radius 2 is 1.62 bits per heavy atom. The molecule has 0 spiro atoms. The molecule has 0 atom stereocenters. The van der Waals surface area contributed by atoms with Crippen molar-refractivity contribution in [3.05, 3.63) is 29.6 Å². The van der Waals surface area contributed by atoms with E-state index < -0.39 is 0 Å². The number of hydrogen-bond donors (Lipinski definition) is 0. The number of quaternary nitrogens is 1. The summed E-state index contributed by atoms with van der Waals surface area (Å²) in [6.07, 6.45) is 13.9. The highest BCUT2D eigenvalue weighted by molar-refractivity contribution is 5.33. The van der Waals surface area contributed by atoms with Crippen LogP contribution in [0.3, 0.4) is 0 Å². The molecular weight excluding hydrogens is 325 g/mol. The number of aryl methyl sites for hydroxylation is 1. The van der Waals surface area contributed by atoms with E-state index in [1.165, 1.54) is 94.4 Å². The molecule has 1 aromatic carbocycles. The summed E-state index contributed by atoms with van der Waals surface area (Å²) in [5.41, 5.74) is 0.900. The van der Waals surface area contributed by atoms with Gasteiger partial charge >= 0.3 is 0 Å². The number of para-hydroxylation sites is 1. The number of ether oxygens (including phenoxy) is 1. The molecule has 1 heterocycles. The van der Waals surface area contributed by atoms with Gasteiger partial charge in [-0.25, -0.2) is 4.39 Å². The van der Waals surface area contributed by atoms with Gasteiger partial charge in [0, 0.05) is 5.92 Å². The Morgan fingerprint density at radius 3 is 2.31 bits per heavy atom. The normalized spacial score (nSPS) is 21.8. The molecule has 2 fully saturated rings. The van der Waals surface area contributed by atoms with Crippen molar-refractivity contribution in [3.8, 4) is 5.75 Å². The van der Waals surface area contributed by atoms with Crippen LogP contribution < -0.4 is 4.74 Å². The molecule has 1 aliphatic carbocycles. The maximum absolute atomic E-state index is 14.1. The zero-order valence-electron chi connectivity index (χ0n) is 16.6. The number of hydrogen-bond acceptors (Lipinski definition) is 1. The molecule has 0 unspecified atom stereocenters. The minimum atomic E-state index is -0.225. The van der Waals surface area contributed by atoms with Gasteiger partial charge in [-0.05, 0) is 57.1 Å². The molecule has 1 aromatic rings. The van der Waals surface area contributed by atoms with E-state index in [4.69, 9.17) is 4.74 Å². The fourth-order valence-electron chi connectivity index (χ4n) is 5.09. The summed E-state index contributed by atoms with van der Waals surface area (Å²) in [7, 11) is 0. The van der Waals surface area contributed by atoms with E-state index in [0.29, 0.717) is 12.4 Å². The van der Waals surface area contributed by atoms with Gasteiger partial charge in [-0.3, -0.25) is 0 Å². The van der Waals surface area contributed by atoms with E-state index in [2.05, 4.69) is 0 Å². The summed E-state index contributed by atoms with van der Waals surface area (Å²) in [6, 6.07) is 5.19. The van der Waals surface area contributed by atoms with Crippen LogP contribution in [-0.4, -0.2) is 37.3 Å². The van der Waals surface area contributed by atoms with E-state index >= 15 is 0 Å². The van der Waals surface area contributed by atoms with Crippen molar-refractivity contribution < 1.29 is 13.6 Å². The molecule has 26 heavy (non-hydrogen) atoms. The van der Waals surface area contributed by atoms with Gasteiger partial charge < -0.3 is 9.22 Å². The Labute approximate surface area is 159 Å². The van der Waals surface area contributed by atoms with Crippen molar-refractivity contribution in [2.45, 2.75) is 71.1 Å². The average molecular weight is 363 g/mol. The van der Waals surface area contributed by atoms with Crippen LogP contribution in [0, 0.1) is 18.7 Å². The summed E-state index contributed by atoms with van der Waals surface area (Å²) in [4.78, 5) is 0. The lowest BCUT2D eigenvalue weighted by Gasteiger charge is -2.43. The van der Waals surface area contributed by atoms with Gasteiger partial charge in [-0.1, -0.05) is 37.8 Å². The van der Waals surface area contributed by atoms with Crippen LogP contribution in [0.25, 0.3) is 0 Å². The van der Waals surface area contributed by atoms with E-state index in [0.717, 1.165) is 18.0 Å². The zero-order valence-corrected chi connectivity index (χ0v) is 16.6. The van der Waals surface area contributed by atoms with Gasteiger partial charge in [-0.15, -0.1) is 0 Å². The van der Waals surface area contributed by atoms with Crippen molar-refractivity contribution in [1.82, 2.24) is 0 Å². The highest BCUT2D eigenvalue weighted by Crippen LogP contribution is 2.29. The predicted octanol–water partition coefficient (Wildman–Crippen LogP) is 5.87. The van der Waals surface area contributed by atoms with Crippen LogP contribution in [0.15, 0.2) is 18.2 Å². The second kappa shape index (κ2) is 9.73. The van der Waals surface area contributed by atoms with Crippen LogP contribution in [0.5, 0.6) is 5.75 Å². The Kier molecular flexibility index (Phi) is 7.36. The van der Waals surface area contributed by atoms with Crippen molar-refractivity contribution in [2.24, 2.45) is 5.92 Å². The van der Waals surface area contributed by atoms with Gasteiger partial charge in [0.2, 0.25) is 0 Å². The number of halogens is 1. The van der Waals surface area contributed by atoms with Crippen LogP contribution in [-0.2, 0) is 0 Å². The highest BCUT2D eigenvalue weighted by Gasteiger charge is 2.32. The molecule has 0 bridgehead atoms. The number of nitrogens with zero attached hydrogens (tertiary/aromatic N) is 1. The van der Waals surface area contributed by atoms with Gasteiger partial charge in [-0.2, -0.15) is 0 Å². The van der Waals surface area contributed by atoms with Crippen LogP contribution in [0.2, 0.25) is 0 Å². The standard InChI is InChI=1S/C23H37FNO/c1-20-11-10-14-22(24)23(20)26-18-17-25(15-8-3-2-4-9-16-25)19-21-12-6-5-7-13-21/h10-11,14,21H,2-9,12-13,15-19H2,1H3/q+1. The highest BCUT2D eigenvalue weighted by atomic mass is 19.1. The van der Waals surface area contributed by atoms with Crippen molar-refractivity contribution in [3.63, 3.8) is 0 Å². The van der Waals surface area contributed by atoms with Gasteiger partial charge in [0.1, 0.15) is 13.2 Å². The second-order valence-corrected chi connectivity index (χ2v) is 8.70. The maximum atomic E-state index is 14.1. The SMILES string of the molecule is Cc1cccc(F)c1OCC[N+]1(CC2CCCCC2)CCCCCCC1. The maximum Gasteiger partial charge on any atom is 0.165 e. The average Bonchev–Trinajstić information content (AvgIpc) is 2.62. The molecule has 0 amide bonds. The fourth-order valence-corrected chi connectivity index (χ4v) is 5.09. The number of likely N-dealkylation sites (tertiary alicyclic amines) is 1. The molecule has 1 saturated carbocycles. The number of rotatable bonds is 6. The number of benzene rings is 1. The van der Waals surface area contributed by atoms with E-state index in [1.807, 2.05) is 13.0 Å². The summed E-state index contributed by atoms with van der Waals surface area (Å²) < 4.78 is 21.2. The smallest absolute Gasteiger partial charge is 0.165 e. The fraction of sp³-hybridized carbons (Fsp3) is 0.739. The van der Waals surface area contributed by atoms with Gasteiger partial charge in [0.15, 0.2) is 11.6 Å². The molecule has 3 heteroatoms. The third kappa shape index (κ3) is 5.45. The lowest BCUT2D eigenvalue weighted by molar-refractivity contribution is -0.932. The van der Waals surface area contributed by atoms with Crippen LogP contribution in [0.4, 0.5) is 4.39 Å².